The van der Waals surface area contributed by atoms with Gasteiger partial charge in [-0.05, 0) is 19.1 Å². The maximum Gasteiger partial charge on any atom is 0.325 e. The van der Waals surface area contributed by atoms with Gasteiger partial charge in [-0.25, -0.2) is 0 Å². The lowest BCUT2D eigenvalue weighted by atomic mass is 10.1. The predicted octanol–water partition coefficient (Wildman–Crippen LogP) is 0.504. The van der Waals surface area contributed by atoms with E-state index in [2.05, 4.69) is 10.1 Å². The van der Waals surface area contributed by atoms with E-state index in [4.69, 9.17) is 9.47 Å². The van der Waals surface area contributed by atoms with E-state index in [1.807, 2.05) is 6.07 Å². The molecule has 1 aliphatic rings. The molecule has 0 radical (unpaired) electrons. The summed E-state index contributed by atoms with van der Waals surface area (Å²) in [7, 11) is 1.26. The largest absolute Gasteiger partial charge is 0.482 e. The maximum absolute atomic E-state index is 11.9. The predicted molar refractivity (Wildman–Crippen MR) is 66.0 cm³/mol. The van der Waals surface area contributed by atoms with Crippen molar-refractivity contribution < 1.29 is 23.8 Å². The van der Waals surface area contributed by atoms with Crippen LogP contribution in [0.1, 0.15) is 6.92 Å². The van der Waals surface area contributed by atoms with Crippen LogP contribution in [0.4, 0.5) is 0 Å². The topological polar surface area (TPSA) is 73.9 Å². The number of benzene rings is 1. The quantitative estimate of drug-likeness (QED) is 0.806. The van der Waals surface area contributed by atoms with Gasteiger partial charge in [0, 0.05) is 0 Å². The van der Waals surface area contributed by atoms with Crippen LogP contribution in [0.15, 0.2) is 24.3 Å². The van der Waals surface area contributed by atoms with Gasteiger partial charge in [-0.2, -0.15) is 0 Å². The molecule has 1 aromatic carbocycles. The molecule has 1 aromatic rings. The third-order valence-corrected chi connectivity index (χ3v) is 2.74. The number of rotatable bonds is 3. The van der Waals surface area contributed by atoms with Gasteiger partial charge < -0.3 is 19.5 Å². The van der Waals surface area contributed by atoms with Crippen molar-refractivity contribution >= 4 is 11.9 Å². The summed E-state index contributed by atoms with van der Waals surface area (Å²) in [4.78, 5) is 22.9. The number of amides is 1. The first-order valence-corrected chi connectivity index (χ1v) is 5.88. The van der Waals surface area contributed by atoms with Crippen LogP contribution in [0.3, 0.4) is 0 Å². The first-order chi connectivity index (χ1) is 9.11. The molecular formula is C13H15NO5. The molecule has 2 rings (SSSR count). The molecule has 19 heavy (non-hydrogen) atoms. The van der Waals surface area contributed by atoms with Gasteiger partial charge in [0.1, 0.15) is 12.6 Å². The van der Waals surface area contributed by atoms with Crippen molar-refractivity contribution in [3.63, 3.8) is 0 Å². The third kappa shape index (κ3) is 2.96. The Kier molecular flexibility index (Phi) is 3.89. The summed E-state index contributed by atoms with van der Waals surface area (Å²) in [5.74, 6) is 0.191. The fraction of sp³-hybridized carbons (Fsp3) is 0.385. The average molecular weight is 265 g/mol. The molecule has 0 bridgehead atoms. The minimum Gasteiger partial charge on any atom is -0.482 e. The smallest absolute Gasteiger partial charge is 0.325 e. The lowest BCUT2D eigenvalue weighted by molar-refractivity contribution is -0.143. The summed E-state index contributed by atoms with van der Waals surface area (Å²) in [6.45, 7) is 1.54. The molecule has 1 amide bonds. The fourth-order valence-corrected chi connectivity index (χ4v) is 1.74. The SMILES string of the molecule is COC(=O)CNC(=O)C1Oc2ccccc2OC1C. The summed E-state index contributed by atoms with van der Waals surface area (Å²) in [5.41, 5.74) is 0. The maximum atomic E-state index is 11.9. The number of para-hydroxylation sites is 2. The van der Waals surface area contributed by atoms with Crippen molar-refractivity contribution in [1.82, 2.24) is 5.32 Å². The van der Waals surface area contributed by atoms with E-state index in [-0.39, 0.29) is 6.54 Å². The monoisotopic (exact) mass is 265 g/mol. The normalized spacial score (nSPS) is 20.5. The highest BCUT2D eigenvalue weighted by Crippen LogP contribution is 2.33. The molecule has 1 N–H and O–H groups in total. The molecule has 0 fully saturated rings. The molecule has 0 aliphatic carbocycles. The summed E-state index contributed by atoms with van der Waals surface area (Å²) < 4.78 is 15.6. The van der Waals surface area contributed by atoms with E-state index in [0.29, 0.717) is 11.5 Å². The molecule has 0 saturated carbocycles. The third-order valence-electron chi connectivity index (χ3n) is 2.74. The van der Waals surface area contributed by atoms with Gasteiger partial charge in [0.05, 0.1) is 7.11 Å². The van der Waals surface area contributed by atoms with E-state index < -0.39 is 24.1 Å². The number of fused-ring (bicyclic) bond motifs is 1. The second-order valence-corrected chi connectivity index (χ2v) is 4.10. The summed E-state index contributed by atoms with van der Waals surface area (Å²) >= 11 is 0. The zero-order valence-corrected chi connectivity index (χ0v) is 10.7. The van der Waals surface area contributed by atoms with Crippen molar-refractivity contribution in [2.75, 3.05) is 13.7 Å². The molecule has 6 nitrogen and oxygen atoms in total. The fourth-order valence-electron chi connectivity index (χ4n) is 1.74. The molecule has 0 saturated heterocycles. The van der Waals surface area contributed by atoms with Gasteiger partial charge in [-0.1, -0.05) is 12.1 Å². The van der Waals surface area contributed by atoms with Crippen LogP contribution in [0, 0.1) is 0 Å². The Labute approximate surface area is 110 Å². The molecule has 2 unspecified atom stereocenters. The van der Waals surface area contributed by atoms with Gasteiger partial charge >= 0.3 is 5.97 Å². The number of ether oxygens (including phenoxy) is 3. The van der Waals surface area contributed by atoms with Crippen LogP contribution < -0.4 is 14.8 Å². The van der Waals surface area contributed by atoms with Gasteiger partial charge in [-0.15, -0.1) is 0 Å². The van der Waals surface area contributed by atoms with E-state index in [9.17, 15) is 9.59 Å². The van der Waals surface area contributed by atoms with Crippen molar-refractivity contribution in [2.45, 2.75) is 19.1 Å². The van der Waals surface area contributed by atoms with Gasteiger partial charge in [-0.3, -0.25) is 9.59 Å². The minimum absolute atomic E-state index is 0.191. The first kappa shape index (κ1) is 13.2. The van der Waals surface area contributed by atoms with Crippen molar-refractivity contribution in [1.29, 1.82) is 0 Å². The summed E-state index contributed by atoms with van der Waals surface area (Å²) in [5, 5.41) is 2.45. The van der Waals surface area contributed by atoms with E-state index >= 15 is 0 Å². The molecule has 102 valence electrons. The average Bonchev–Trinajstić information content (AvgIpc) is 2.43. The van der Waals surface area contributed by atoms with Gasteiger partial charge in [0.2, 0.25) is 6.10 Å². The molecule has 6 heteroatoms. The number of hydrogen-bond donors (Lipinski definition) is 1. The van der Waals surface area contributed by atoms with Crippen LogP contribution >= 0.6 is 0 Å². The Hall–Kier alpha value is -2.24. The number of carbonyl (C=O) groups excluding carboxylic acids is 2. The molecule has 0 aromatic heterocycles. The van der Waals surface area contributed by atoms with Crippen LogP contribution in [-0.2, 0) is 14.3 Å². The summed E-state index contributed by atoms with van der Waals surface area (Å²) in [6.07, 6.45) is -1.23. The Morgan fingerprint density at radius 3 is 2.53 bits per heavy atom. The molecule has 1 aliphatic heterocycles. The highest BCUT2D eigenvalue weighted by molar-refractivity contribution is 5.86. The number of carbonyl (C=O) groups is 2. The van der Waals surface area contributed by atoms with E-state index in [1.165, 1.54) is 7.11 Å². The first-order valence-electron chi connectivity index (χ1n) is 5.88. The lowest BCUT2D eigenvalue weighted by Crippen LogP contribution is -2.50. The van der Waals surface area contributed by atoms with Crippen molar-refractivity contribution in [3.05, 3.63) is 24.3 Å². The molecule has 0 spiro atoms. The zero-order chi connectivity index (χ0) is 13.8. The van der Waals surface area contributed by atoms with Crippen molar-refractivity contribution in [2.24, 2.45) is 0 Å². The Morgan fingerprint density at radius 2 is 1.89 bits per heavy atom. The van der Waals surface area contributed by atoms with Crippen LogP contribution in [-0.4, -0.2) is 37.7 Å². The van der Waals surface area contributed by atoms with Crippen LogP contribution in [0.5, 0.6) is 11.5 Å². The summed E-state index contributed by atoms with van der Waals surface area (Å²) in [6, 6.07) is 7.12. The standard InChI is InChI=1S/C13H15NO5/c1-8-12(13(16)14-7-11(15)17-2)19-10-6-4-3-5-9(10)18-8/h3-6,8,12H,7H2,1-2H3,(H,14,16). The second-order valence-electron chi connectivity index (χ2n) is 4.10. The molecular weight excluding hydrogens is 250 g/mol. The van der Waals surface area contributed by atoms with Crippen LogP contribution in [0.25, 0.3) is 0 Å². The zero-order valence-electron chi connectivity index (χ0n) is 10.7. The Bertz CT molecular complexity index is 488. The minimum atomic E-state index is -0.792. The van der Waals surface area contributed by atoms with E-state index in [1.54, 1.807) is 25.1 Å². The molecule has 2 atom stereocenters. The number of methoxy groups -OCH3 is 1. The highest BCUT2D eigenvalue weighted by Gasteiger charge is 2.34. The molecule has 1 heterocycles. The lowest BCUT2D eigenvalue weighted by Gasteiger charge is -2.30. The van der Waals surface area contributed by atoms with Crippen LogP contribution in [0.2, 0.25) is 0 Å². The Balaban J connectivity index is 2.01. The van der Waals surface area contributed by atoms with Gasteiger partial charge in [0.25, 0.3) is 5.91 Å². The van der Waals surface area contributed by atoms with E-state index in [0.717, 1.165) is 0 Å². The number of nitrogens with one attached hydrogen (secondary N) is 1. The second kappa shape index (κ2) is 5.60. The Morgan fingerprint density at radius 1 is 1.26 bits per heavy atom. The number of hydrogen-bond acceptors (Lipinski definition) is 5. The highest BCUT2D eigenvalue weighted by atomic mass is 16.6. The van der Waals surface area contributed by atoms with Crippen molar-refractivity contribution in [3.8, 4) is 11.5 Å². The van der Waals surface area contributed by atoms with Gasteiger partial charge in [0.15, 0.2) is 11.5 Å². The number of esters is 1.